The van der Waals surface area contributed by atoms with Crippen LogP contribution in [0.25, 0.3) is 0 Å². The van der Waals surface area contributed by atoms with Crippen LogP contribution in [0.2, 0.25) is 0 Å². The van der Waals surface area contributed by atoms with E-state index >= 15 is 0 Å². The molecule has 2 rings (SSSR count). The van der Waals surface area contributed by atoms with Crippen LogP contribution in [0, 0.1) is 11.8 Å². The van der Waals surface area contributed by atoms with Crippen LogP contribution < -0.4 is 5.73 Å². The first-order valence-corrected chi connectivity index (χ1v) is 7.82. The molecule has 0 aromatic heterocycles. The highest BCUT2D eigenvalue weighted by Gasteiger charge is 2.27. The molecular formula is C15H27N3O2. The van der Waals surface area contributed by atoms with Gasteiger partial charge in [0.15, 0.2) is 0 Å². The summed E-state index contributed by atoms with van der Waals surface area (Å²) in [6, 6.07) is 0. The highest BCUT2D eigenvalue weighted by atomic mass is 16.2. The fourth-order valence-electron chi connectivity index (χ4n) is 3.25. The van der Waals surface area contributed by atoms with Gasteiger partial charge in [0.2, 0.25) is 11.8 Å². The van der Waals surface area contributed by atoms with Crippen LogP contribution in [0.4, 0.5) is 0 Å². The van der Waals surface area contributed by atoms with E-state index in [4.69, 9.17) is 5.73 Å². The van der Waals surface area contributed by atoms with Gasteiger partial charge < -0.3 is 15.5 Å². The average molecular weight is 281 g/mol. The molecule has 2 N–H and O–H groups in total. The molecule has 1 aliphatic carbocycles. The number of amides is 2. The average Bonchev–Trinajstić information content (AvgIpc) is 2.62. The summed E-state index contributed by atoms with van der Waals surface area (Å²) in [6.07, 6.45) is 6.00. The molecule has 2 fully saturated rings. The number of hydrogen-bond acceptors (Lipinski definition) is 3. The van der Waals surface area contributed by atoms with Gasteiger partial charge in [-0.25, -0.2) is 0 Å². The van der Waals surface area contributed by atoms with Gasteiger partial charge in [-0.05, 0) is 50.5 Å². The fraction of sp³-hybridized carbons (Fsp3) is 0.867. The second kappa shape index (κ2) is 7.07. The molecule has 2 amide bonds. The van der Waals surface area contributed by atoms with Gasteiger partial charge in [0.25, 0.3) is 0 Å². The van der Waals surface area contributed by atoms with Gasteiger partial charge in [0, 0.05) is 26.6 Å². The largest absolute Gasteiger partial charge is 0.344 e. The molecule has 1 heterocycles. The molecule has 114 valence electrons. The molecule has 0 bridgehead atoms. The van der Waals surface area contributed by atoms with Crippen molar-refractivity contribution < 1.29 is 9.59 Å². The first kappa shape index (κ1) is 15.3. The summed E-state index contributed by atoms with van der Waals surface area (Å²) >= 11 is 0. The third-order valence-electron chi connectivity index (χ3n) is 4.79. The maximum absolute atomic E-state index is 12.4. The van der Waals surface area contributed by atoms with Crippen molar-refractivity contribution in [3.05, 3.63) is 0 Å². The lowest BCUT2D eigenvalue weighted by Gasteiger charge is -2.29. The molecule has 0 radical (unpaired) electrons. The number of rotatable bonds is 3. The van der Waals surface area contributed by atoms with E-state index in [-0.39, 0.29) is 18.4 Å². The van der Waals surface area contributed by atoms with Crippen molar-refractivity contribution >= 4 is 11.8 Å². The van der Waals surface area contributed by atoms with Gasteiger partial charge in [-0.15, -0.1) is 0 Å². The highest BCUT2D eigenvalue weighted by molar-refractivity contribution is 5.85. The molecule has 0 aromatic carbocycles. The summed E-state index contributed by atoms with van der Waals surface area (Å²) in [6.45, 7) is 2.50. The standard InChI is InChI=1S/C15H27N3O2/c1-17-7-2-8-18(11-15(17)20)14(19)9-12-3-5-13(10-16)6-4-12/h12-13H,2-11,16H2,1H3. The van der Waals surface area contributed by atoms with Crippen molar-refractivity contribution in [3.63, 3.8) is 0 Å². The second-order valence-electron chi connectivity index (χ2n) is 6.31. The van der Waals surface area contributed by atoms with Crippen molar-refractivity contribution in [2.75, 3.05) is 33.2 Å². The van der Waals surface area contributed by atoms with Gasteiger partial charge in [-0.3, -0.25) is 9.59 Å². The van der Waals surface area contributed by atoms with Gasteiger partial charge in [0.1, 0.15) is 0 Å². The molecule has 1 saturated heterocycles. The normalized spacial score (nSPS) is 28.4. The summed E-state index contributed by atoms with van der Waals surface area (Å²) in [4.78, 5) is 27.6. The first-order chi connectivity index (χ1) is 9.60. The highest BCUT2D eigenvalue weighted by Crippen LogP contribution is 2.30. The van der Waals surface area contributed by atoms with Crippen LogP contribution in [-0.2, 0) is 9.59 Å². The Kier molecular flexibility index (Phi) is 5.40. The zero-order chi connectivity index (χ0) is 14.5. The molecule has 0 unspecified atom stereocenters. The van der Waals surface area contributed by atoms with Crippen LogP contribution in [0.5, 0.6) is 0 Å². The van der Waals surface area contributed by atoms with Crippen LogP contribution >= 0.6 is 0 Å². The van der Waals surface area contributed by atoms with Crippen molar-refractivity contribution in [3.8, 4) is 0 Å². The van der Waals surface area contributed by atoms with E-state index in [1.807, 2.05) is 7.05 Å². The summed E-state index contributed by atoms with van der Waals surface area (Å²) in [5.41, 5.74) is 5.70. The molecule has 1 saturated carbocycles. The molecule has 5 nitrogen and oxygen atoms in total. The zero-order valence-corrected chi connectivity index (χ0v) is 12.5. The zero-order valence-electron chi connectivity index (χ0n) is 12.5. The lowest BCUT2D eigenvalue weighted by atomic mass is 9.80. The predicted molar refractivity (Wildman–Crippen MR) is 78.0 cm³/mol. The molecule has 0 atom stereocenters. The topological polar surface area (TPSA) is 66.6 Å². The second-order valence-corrected chi connectivity index (χ2v) is 6.31. The number of carbonyl (C=O) groups excluding carboxylic acids is 2. The smallest absolute Gasteiger partial charge is 0.241 e. The lowest BCUT2D eigenvalue weighted by molar-refractivity contribution is -0.138. The van der Waals surface area contributed by atoms with Crippen molar-refractivity contribution in [2.24, 2.45) is 17.6 Å². The van der Waals surface area contributed by atoms with E-state index < -0.39 is 0 Å². The predicted octanol–water partition coefficient (Wildman–Crippen LogP) is 0.832. The van der Waals surface area contributed by atoms with Gasteiger partial charge in [0.05, 0.1) is 6.54 Å². The molecule has 20 heavy (non-hydrogen) atoms. The summed E-state index contributed by atoms with van der Waals surface area (Å²) in [5, 5.41) is 0. The number of likely N-dealkylation sites (N-methyl/N-ethyl adjacent to an activating group) is 1. The third kappa shape index (κ3) is 3.95. The molecule has 2 aliphatic rings. The van der Waals surface area contributed by atoms with E-state index in [0.29, 0.717) is 24.8 Å². The maximum atomic E-state index is 12.4. The summed E-state index contributed by atoms with van der Waals surface area (Å²) in [5.74, 6) is 1.35. The third-order valence-corrected chi connectivity index (χ3v) is 4.79. The minimum absolute atomic E-state index is 0.0580. The molecule has 0 aromatic rings. The Morgan fingerprint density at radius 1 is 1.20 bits per heavy atom. The quantitative estimate of drug-likeness (QED) is 0.833. The molecule has 5 heteroatoms. The van der Waals surface area contributed by atoms with Crippen LogP contribution in [0.3, 0.4) is 0 Å². The number of nitrogens with zero attached hydrogens (tertiary/aromatic N) is 2. The SMILES string of the molecule is CN1CCCN(C(=O)CC2CCC(CN)CC2)CC1=O. The van der Waals surface area contributed by atoms with Crippen molar-refractivity contribution in [1.82, 2.24) is 9.80 Å². The number of nitrogens with two attached hydrogens (primary N) is 1. The van der Waals surface area contributed by atoms with E-state index in [1.165, 1.54) is 0 Å². The Bertz CT molecular complexity index is 351. The summed E-state index contributed by atoms with van der Waals surface area (Å²) in [7, 11) is 1.81. The van der Waals surface area contributed by atoms with Crippen LogP contribution in [0.15, 0.2) is 0 Å². The lowest BCUT2D eigenvalue weighted by Crippen LogP contribution is -2.39. The van der Waals surface area contributed by atoms with E-state index in [9.17, 15) is 9.59 Å². The molecular weight excluding hydrogens is 254 g/mol. The Morgan fingerprint density at radius 3 is 2.50 bits per heavy atom. The Hall–Kier alpha value is -1.10. The fourth-order valence-corrected chi connectivity index (χ4v) is 3.25. The minimum atomic E-state index is 0.0580. The minimum Gasteiger partial charge on any atom is -0.344 e. The first-order valence-electron chi connectivity index (χ1n) is 7.82. The van der Waals surface area contributed by atoms with Gasteiger partial charge >= 0.3 is 0 Å². The summed E-state index contributed by atoms with van der Waals surface area (Å²) < 4.78 is 0. The number of carbonyl (C=O) groups is 2. The van der Waals surface area contributed by atoms with Crippen molar-refractivity contribution in [2.45, 2.75) is 38.5 Å². The number of hydrogen-bond donors (Lipinski definition) is 1. The van der Waals surface area contributed by atoms with E-state index in [2.05, 4.69) is 0 Å². The van der Waals surface area contributed by atoms with Gasteiger partial charge in [-0.2, -0.15) is 0 Å². The molecule has 0 spiro atoms. The van der Waals surface area contributed by atoms with Crippen LogP contribution in [0.1, 0.15) is 38.5 Å². The van der Waals surface area contributed by atoms with Gasteiger partial charge in [-0.1, -0.05) is 0 Å². The Morgan fingerprint density at radius 2 is 1.85 bits per heavy atom. The Labute approximate surface area is 121 Å². The van der Waals surface area contributed by atoms with Crippen LogP contribution in [-0.4, -0.2) is 54.8 Å². The maximum Gasteiger partial charge on any atom is 0.241 e. The van der Waals surface area contributed by atoms with E-state index in [1.54, 1.807) is 9.80 Å². The Balaban J connectivity index is 1.81. The van der Waals surface area contributed by atoms with E-state index in [0.717, 1.165) is 45.2 Å². The van der Waals surface area contributed by atoms with Crippen molar-refractivity contribution in [1.29, 1.82) is 0 Å². The molecule has 1 aliphatic heterocycles. The monoisotopic (exact) mass is 281 g/mol.